The molecule has 1 aromatic heterocycles. The van der Waals surface area contributed by atoms with Gasteiger partial charge in [-0.15, -0.1) is 0 Å². The number of anilines is 1. The zero-order valence-electron chi connectivity index (χ0n) is 9.45. The van der Waals surface area contributed by atoms with Crippen molar-refractivity contribution in [2.75, 3.05) is 5.32 Å². The fourth-order valence-corrected chi connectivity index (χ4v) is 1.40. The number of aryl methyl sites for hydroxylation is 1. The molecule has 1 amide bonds. The van der Waals surface area contributed by atoms with E-state index in [1.54, 1.807) is 19.1 Å². The SMILES string of the molecule is Cc1nc(-c2cccc(NC(=O)C(F)F)c2)n[nH]1. The maximum Gasteiger partial charge on any atom is 0.315 e. The summed E-state index contributed by atoms with van der Waals surface area (Å²) in [6, 6.07) is 6.40. The Balaban J connectivity index is 2.23. The number of nitrogens with zero attached hydrogens (tertiary/aromatic N) is 2. The molecule has 0 spiro atoms. The molecule has 1 heterocycles. The molecule has 0 radical (unpaired) electrons. The lowest BCUT2D eigenvalue weighted by atomic mass is 10.2. The number of H-pyrrole nitrogens is 1. The van der Waals surface area contributed by atoms with Crippen LogP contribution in [0.3, 0.4) is 0 Å². The van der Waals surface area contributed by atoms with Crippen molar-refractivity contribution in [3.63, 3.8) is 0 Å². The van der Waals surface area contributed by atoms with Gasteiger partial charge >= 0.3 is 6.43 Å². The number of aromatic amines is 1. The number of carbonyl (C=O) groups is 1. The number of amides is 1. The normalized spacial score (nSPS) is 10.7. The van der Waals surface area contributed by atoms with E-state index in [-0.39, 0.29) is 5.69 Å². The highest BCUT2D eigenvalue weighted by atomic mass is 19.3. The minimum atomic E-state index is -3.04. The van der Waals surface area contributed by atoms with E-state index in [4.69, 9.17) is 0 Å². The number of hydrogen-bond donors (Lipinski definition) is 2. The van der Waals surface area contributed by atoms with Crippen LogP contribution in [0.25, 0.3) is 11.4 Å². The molecule has 5 nitrogen and oxygen atoms in total. The lowest BCUT2D eigenvalue weighted by molar-refractivity contribution is -0.126. The van der Waals surface area contributed by atoms with Gasteiger partial charge in [0.1, 0.15) is 5.82 Å². The number of nitrogens with one attached hydrogen (secondary N) is 2. The average molecular weight is 252 g/mol. The molecule has 0 unspecified atom stereocenters. The Morgan fingerprint density at radius 2 is 2.22 bits per heavy atom. The maximum absolute atomic E-state index is 12.1. The Bertz CT molecular complexity index is 568. The van der Waals surface area contributed by atoms with Crippen molar-refractivity contribution in [2.24, 2.45) is 0 Å². The van der Waals surface area contributed by atoms with E-state index in [0.717, 1.165) is 0 Å². The third kappa shape index (κ3) is 2.68. The minimum Gasteiger partial charge on any atom is -0.321 e. The van der Waals surface area contributed by atoms with Crippen LogP contribution in [0.15, 0.2) is 24.3 Å². The first-order valence-corrected chi connectivity index (χ1v) is 5.15. The molecule has 0 fully saturated rings. The van der Waals surface area contributed by atoms with Crippen LogP contribution in [0.2, 0.25) is 0 Å². The largest absolute Gasteiger partial charge is 0.321 e. The van der Waals surface area contributed by atoms with Gasteiger partial charge in [0.2, 0.25) is 0 Å². The number of rotatable bonds is 3. The first-order chi connectivity index (χ1) is 8.56. The Kier molecular flexibility index (Phi) is 3.31. The van der Waals surface area contributed by atoms with Crippen molar-refractivity contribution in [1.82, 2.24) is 15.2 Å². The third-order valence-corrected chi connectivity index (χ3v) is 2.18. The van der Waals surface area contributed by atoms with E-state index < -0.39 is 12.3 Å². The van der Waals surface area contributed by atoms with Crippen LogP contribution < -0.4 is 5.32 Å². The zero-order valence-corrected chi connectivity index (χ0v) is 9.45. The summed E-state index contributed by atoms with van der Waals surface area (Å²) in [7, 11) is 0. The molecule has 18 heavy (non-hydrogen) atoms. The minimum absolute atomic E-state index is 0.278. The summed E-state index contributed by atoms with van der Waals surface area (Å²) in [5.74, 6) is -0.244. The standard InChI is InChI=1S/C11H10F2N4O/c1-6-14-10(17-16-6)7-3-2-4-8(5-7)15-11(18)9(12)13/h2-5,9H,1H3,(H,15,18)(H,14,16,17). The summed E-state index contributed by atoms with van der Waals surface area (Å²) >= 11 is 0. The molecule has 2 rings (SSSR count). The Morgan fingerprint density at radius 1 is 1.44 bits per heavy atom. The van der Waals surface area contributed by atoms with Gasteiger partial charge in [0.15, 0.2) is 5.82 Å². The smallest absolute Gasteiger partial charge is 0.315 e. The molecule has 7 heteroatoms. The van der Waals surface area contributed by atoms with E-state index in [1.807, 2.05) is 0 Å². The number of aromatic nitrogens is 3. The Morgan fingerprint density at radius 3 is 2.83 bits per heavy atom. The molecule has 0 aliphatic heterocycles. The first-order valence-electron chi connectivity index (χ1n) is 5.15. The molecule has 0 aliphatic rings. The summed E-state index contributed by atoms with van der Waals surface area (Å²) in [4.78, 5) is 15.0. The number of alkyl halides is 2. The summed E-state index contributed by atoms with van der Waals surface area (Å²) in [5, 5.41) is 8.73. The predicted octanol–water partition coefficient (Wildman–Crippen LogP) is 1.98. The van der Waals surface area contributed by atoms with Gasteiger partial charge in [-0.25, -0.2) is 4.98 Å². The quantitative estimate of drug-likeness (QED) is 0.877. The summed E-state index contributed by atoms with van der Waals surface area (Å²) in [6.45, 7) is 1.75. The summed E-state index contributed by atoms with van der Waals surface area (Å²) in [6.07, 6.45) is -3.04. The van der Waals surface area contributed by atoms with Crippen LogP contribution in [0.5, 0.6) is 0 Å². The monoisotopic (exact) mass is 252 g/mol. The van der Waals surface area contributed by atoms with Crippen LogP contribution in [-0.4, -0.2) is 27.5 Å². The molecular weight excluding hydrogens is 242 g/mol. The van der Waals surface area contributed by atoms with Gasteiger partial charge in [0.05, 0.1) is 0 Å². The van der Waals surface area contributed by atoms with E-state index in [2.05, 4.69) is 20.5 Å². The van der Waals surface area contributed by atoms with Gasteiger partial charge in [0, 0.05) is 11.3 Å². The molecule has 1 aromatic carbocycles. The fraction of sp³-hybridized carbons (Fsp3) is 0.182. The average Bonchev–Trinajstić information content (AvgIpc) is 2.76. The number of halogens is 2. The molecule has 0 aliphatic carbocycles. The molecule has 0 atom stereocenters. The number of benzene rings is 1. The van der Waals surface area contributed by atoms with Crippen LogP contribution in [0.4, 0.5) is 14.5 Å². The number of carbonyl (C=O) groups excluding carboxylic acids is 1. The van der Waals surface area contributed by atoms with Crippen molar-refractivity contribution in [1.29, 1.82) is 0 Å². The van der Waals surface area contributed by atoms with Crippen molar-refractivity contribution < 1.29 is 13.6 Å². The Labute approximate surface area is 101 Å². The molecule has 2 aromatic rings. The van der Waals surface area contributed by atoms with E-state index in [0.29, 0.717) is 17.2 Å². The molecule has 0 saturated heterocycles. The van der Waals surface area contributed by atoms with Gasteiger partial charge in [-0.2, -0.15) is 13.9 Å². The number of hydrogen-bond acceptors (Lipinski definition) is 3. The van der Waals surface area contributed by atoms with Gasteiger partial charge in [-0.1, -0.05) is 12.1 Å². The topological polar surface area (TPSA) is 70.7 Å². The Hall–Kier alpha value is -2.31. The van der Waals surface area contributed by atoms with Gasteiger partial charge in [-0.3, -0.25) is 9.89 Å². The van der Waals surface area contributed by atoms with Gasteiger partial charge in [0.25, 0.3) is 5.91 Å². The van der Waals surface area contributed by atoms with Crippen molar-refractivity contribution >= 4 is 11.6 Å². The van der Waals surface area contributed by atoms with Crippen molar-refractivity contribution in [3.8, 4) is 11.4 Å². The lowest BCUT2D eigenvalue weighted by Crippen LogP contribution is -2.19. The van der Waals surface area contributed by atoms with Crippen LogP contribution >= 0.6 is 0 Å². The van der Waals surface area contributed by atoms with E-state index in [1.165, 1.54) is 12.1 Å². The predicted molar refractivity (Wildman–Crippen MR) is 61.2 cm³/mol. The summed E-state index contributed by atoms with van der Waals surface area (Å²) in [5.41, 5.74) is 0.909. The highest BCUT2D eigenvalue weighted by Gasteiger charge is 2.15. The molecule has 0 bridgehead atoms. The fourth-order valence-electron chi connectivity index (χ4n) is 1.40. The van der Waals surface area contributed by atoms with Crippen molar-refractivity contribution in [2.45, 2.75) is 13.3 Å². The van der Waals surface area contributed by atoms with Crippen LogP contribution in [0.1, 0.15) is 5.82 Å². The van der Waals surface area contributed by atoms with Crippen LogP contribution in [-0.2, 0) is 4.79 Å². The third-order valence-electron chi connectivity index (χ3n) is 2.18. The highest BCUT2D eigenvalue weighted by molar-refractivity contribution is 5.93. The second-order valence-corrected chi connectivity index (χ2v) is 3.62. The first kappa shape index (κ1) is 12.2. The molecule has 0 saturated carbocycles. The lowest BCUT2D eigenvalue weighted by Gasteiger charge is -2.05. The van der Waals surface area contributed by atoms with Gasteiger partial charge in [-0.05, 0) is 19.1 Å². The second-order valence-electron chi connectivity index (χ2n) is 3.62. The van der Waals surface area contributed by atoms with E-state index >= 15 is 0 Å². The zero-order chi connectivity index (χ0) is 13.1. The van der Waals surface area contributed by atoms with Crippen molar-refractivity contribution in [3.05, 3.63) is 30.1 Å². The van der Waals surface area contributed by atoms with Gasteiger partial charge < -0.3 is 5.32 Å². The van der Waals surface area contributed by atoms with E-state index in [9.17, 15) is 13.6 Å². The molecule has 94 valence electrons. The van der Waals surface area contributed by atoms with Crippen LogP contribution in [0, 0.1) is 6.92 Å². The molecule has 2 N–H and O–H groups in total. The summed E-state index contributed by atoms with van der Waals surface area (Å²) < 4.78 is 24.2. The maximum atomic E-state index is 12.1. The molecular formula is C11H10F2N4O. The highest BCUT2D eigenvalue weighted by Crippen LogP contribution is 2.19. The second kappa shape index (κ2) is 4.91.